The molecule has 0 atom stereocenters. The third kappa shape index (κ3) is 5.21. The Balaban J connectivity index is 1.48. The van der Waals surface area contributed by atoms with Crippen LogP contribution in [0, 0.1) is 0 Å². The van der Waals surface area contributed by atoms with E-state index in [-0.39, 0.29) is 6.04 Å². The summed E-state index contributed by atoms with van der Waals surface area (Å²) in [4.78, 5) is 39.6. The van der Waals surface area contributed by atoms with E-state index in [0.717, 1.165) is 24.1 Å². The van der Waals surface area contributed by atoms with Crippen molar-refractivity contribution in [2.45, 2.75) is 18.9 Å². The van der Waals surface area contributed by atoms with Gasteiger partial charge < -0.3 is 5.32 Å². The number of aromatic nitrogens is 3. The van der Waals surface area contributed by atoms with Gasteiger partial charge in [0, 0.05) is 41.8 Å². The van der Waals surface area contributed by atoms with Gasteiger partial charge in [-0.05, 0) is 43.2 Å². The summed E-state index contributed by atoms with van der Waals surface area (Å²) < 4.78 is 1.71. The molecule has 9 nitrogen and oxygen atoms in total. The summed E-state index contributed by atoms with van der Waals surface area (Å²) in [5, 5.41) is 7.17. The fourth-order valence-corrected chi connectivity index (χ4v) is 2.81. The molecule has 2 aromatic heterocycles. The molecule has 1 saturated carbocycles. The molecule has 0 spiro atoms. The summed E-state index contributed by atoms with van der Waals surface area (Å²) in [5.41, 5.74) is 7.29. The van der Waals surface area contributed by atoms with E-state index < -0.39 is 17.7 Å². The average molecular weight is 416 g/mol. The lowest BCUT2D eigenvalue weighted by Crippen LogP contribution is -2.48. The molecule has 2 heterocycles. The fraction of sp³-hybridized carbons (Fsp3) is 0.136. The van der Waals surface area contributed by atoms with Crippen molar-refractivity contribution < 1.29 is 14.4 Å². The molecule has 3 amide bonds. The predicted molar refractivity (Wildman–Crippen MR) is 113 cm³/mol. The zero-order valence-corrected chi connectivity index (χ0v) is 16.5. The van der Waals surface area contributed by atoms with E-state index in [1.54, 1.807) is 35.4 Å². The van der Waals surface area contributed by atoms with Gasteiger partial charge in [0.15, 0.2) is 0 Å². The molecule has 1 aromatic carbocycles. The summed E-state index contributed by atoms with van der Waals surface area (Å²) in [6, 6.07) is 13.3. The normalized spacial score (nSPS) is 13.0. The number of amides is 3. The van der Waals surface area contributed by atoms with E-state index in [2.05, 4.69) is 26.3 Å². The number of carbonyl (C=O) groups excluding carboxylic acids is 3. The van der Waals surface area contributed by atoms with Gasteiger partial charge in [-0.15, -0.1) is 0 Å². The number of benzene rings is 1. The maximum atomic E-state index is 12.1. The highest BCUT2D eigenvalue weighted by atomic mass is 16.2. The highest BCUT2D eigenvalue weighted by Crippen LogP contribution is 2.24. The van der Waals surface area contributed by atoms with Gasteiger partial charge in [0.05, 0.1) is 5.69 Å². The molecule has 9 heteroatoms. The quantitative estimate of drug-likeness (QED) is 0.330. The van der Waals surface area contributed by atoms with Crippen LogP contribution in [0.3, 0.4) is 0 Å². The van der Waals surface area contributed by atoms with Crippen LogP contribution in [0.1, 0.15) is 18.4 Å². The highest BCUT2D eigenvalue weighted by molar-refractivity contribution is 6.35. The van der Waals surface area contributed by atoms with Gasteiger partial charge >= 0.3 is 11.8 Å². The first-order chi connectivity index (χ1) is 15.1. The third-order valence-corrected chi connectivity index (χ3v) is 4.53. The van der Waals surface area contributed by atoms with E-state index in [0.29, 0.717) is 11.3 Å². The van der Waals surface area contributed by atoms with Crippen LogP contribution in [-0.2, 0) is 14.4 Å². The minimum Gasteiger partial charge on any atom is -0.345 e. The monoisotopic (exact) mass is 416 g/mol. The number of pyridine rings is 1. The number of hydrogen-bond donors (Lipinski definition) is 3. The van der Waals surface area contributed by atoms with Crippen LogP contribution in [0.15, 0.2) is 67.1 Å². The van der Waals surface area contributed by atoms with E-state index in [1.807, 2.05) is 36.4 Å². The first-order valence-electron chi connectivity index (χ1n) is 9.74. The predicted octanol–water partition coefficient (Wildman–Crippen LogP) is 1.37. The number of nitrogens with one attached hydrogen (secondary N) is 3. The van der Waals surface area contributed by atoms with Gasteiger partial charge in [0.1, 0.15) is 5.69 Å². The number of carbonyl (C=O) groups is 3. The molecule has 156 valence electrons. The summed E-state index contributed by atoms with van der Waals surface area (Å²) in [7, 11) is 0. The Morgan fingerprint density at radius 3 is 2.52 bits per heavy atom. The zero-order chi connectivity index (χ0) is 21.6. The van der Waals surface area contributed by atoms with Gasteiger partial charge in [-0.1, -0.05) is 18.2 Å². The first kappa shape index (κ1) is 20.0. The second-order valence-corrected chi connectivity index (χ2v) is 6.98. The van der Waals surface area contributed by atoms with Crippen molar-refractivity contribution in [3.63, 3.8) is 0 Å². The third-order valence-electron chi connectivity index (χ3n) is 4.53. The van der Waals surface area contributed by atoms with E-state index in [1.165, 1.54) is 6.08 Å². The minimum atomic E-state index is -0.915. The molecular formula is C22H20N6O3. The number of hydrazine groups is 1. The molecule has 3 aromatic rings. The Morgan fingerprint density at radius 1 is 1.00 bits per heavy atom. The number of para-hydroxylation sites is 1. The minimum absolute atomic E-state index is 0.0564. The second kappa shape index (κ2) is 9.04. The van der Waals surface area contributed by atoms with Crippen LogP contribution in [0.2, 0.25) is 0 Å². The lowest BCUT2D eigenvalue weighted by atomic mass is 10.1. The Kier molecular flexibility index (Phi) is 5.84. The molecule has 0 unspecified atom stereocenters. The Labute approximate surface area is 178 Å². The molecule has 4 rings (SSSR count). The Hall–Kier alpha value is -4.27. The summed E-state index contributed by atoms with van der Waals surface area (Å²) >= 11 is 0. The summed E-state index contributed by atoms with van der Waals surface area (Å²) in [5.74, 6) is -2.27. The summed E-state index contributed by atoms with van der Waals surface area (Å²) in [6.45, 7) is 0. The van der Waals surface area contributed by atoms with Crippen LogP contribution >= 0.6 is 0 Å². The van der Waals surface area contributed by atoms with Gasteiger partial charge in [-0.2, -0.15) is 5.10 Å². The first-order valence-corrected chi connectivity index (χ1v) is 9.74. The lowest BCUT2D eigenvalue weighted by molar-refractivity contribution is -0.140. The molecule has 0 saturated heterocycles. The van der Waals surface area contributed by atoms with Crippen LogP contribution in [-0.4, -0.2) is 38.5 Å². The van der Waals surface area contributed by atoms with Gasteiger partial charge in [0.2, 0.25) is 0 Å². The molecule has 31 heavy (non-hydrogen) atoms. The largest absolute Gasteiger partial charge is 0.345 e. The van der Waals surface area contributed by atoms with Crippen molar-refractivity contribution in [2.75, 3.05) is 0 Å². The molecular weight excluding hydrogens is 396 g/mol. The number of rotatable bonds is 5. The molecule has 0 bridgehead atoms. The maximum Gasteiger partial charge on any atom is 0.327 e. The molecule has 3 N–H and O–H groups in total. The second-order valence-electron chi connectivity index (χ2n) is 6.98. The van der Waals surface area contributed by atoms with Crippen molar-refractivity contribution in [1.82, 2.24) is 30.9 Å². The van der Waals surface area contributed by atoms with E-state index in [4.69, 9.17) is 0 Å². The molecule has 1 fully saturated rings. The van der Waals surface area contributed by atoms with Crippen LogP contribution in [0.5, 0.6) is 0 Å². The molecule has 0 aliphatic heterocycles. The fourth-order valence-electron chi connectivity index (χ4n) is 2.81. The zero-order valence-electron chi connectivity index (χ0n) is 16.5. The smallest absolute Gasteiger partial charge is 0.327 e. The van der Waals surface area contributed by atoms with Gasteiger partial charge in [0.25, 0.3) is 5.91 Å². The van der Waals surface area contributed by atoms with Crippen molar-refractivity contribution in [3.05, 3.63) is 72.7 Å². The van der Waals surface area contributed by atoms with E-state index in [9.17, 15) is 14.4 Å². The van der Waals surface area contributed by atoms with Gasteiger partial charge in [-0.25, -0.2) is 4.68 Å². The van der Waals surface area contributed by atoms with Crippen molar-refractivity contribution in [3.8, 4) is 16.9 Å². The SMILES string of the molecule is O=C(/C=C/c1cn(-c2ccccc2)nc1-c1cccnc1)NNC(=O)C(=O)NC1CC1. The van der Waals surface area contributed by atoms with Crippen molar-refractivity contribution >= 4 is 23.8 Å². The Bertz CT molecular complexity index is 1120. The standard InChI is InChI=1S/C22H20N6O3/c29-19(25-26-22(31)21(30)24-17-9-10-17)11-8-16-14-28(18-6-2-1-3-7-18)27-20(16)15-5-4-12-23-13-15/h1-8,11-14,17H,9-10H2,(H,24,30)(H,25,29)(H,26,31)/b11-8+. The van der Waals surface area contributed by atoms with Crippen LogP contribution in [0.25, 0.3) is 23.0 Å². The molecule has 1 aliphatic carbocycles. The number of nitrogens with zero attached hydrogens (tertiary/aromatic N) is 3. The van der Waals surface area contributed by atoms with Crippen LogP contribution in [0.4, 0.5) is 0 Å². The van der Waals surface area contributed by atoms with Crippen molar-refractivity contribution in [1.29, 1.82) is 0 Å². The van der Waals surface area contributed by atoms with E-state index >= 15 is 0 Å². The lowest BCUT2D eigenvalue weighted by Gasteiger charge is -2.05. The summed E-state index contributed by atoms with van der Waals surface area (Å²) in [6.07, 6.45) is 9.72. The molecule has 1 aliphatic rings. The topological polar surface area (TPSA) is 118 Å². The van der Waals surface area contributed by atoms with Crippen LogP contribution < -0.4 is 16.2 Å². The molecule has 0 radical (unpaired) electrons. The highest BCUT2D eigenvalue weighted by Gasteiger charge is 2.26. The van der Waals surface area contributed by atoms with Crippen molar-refractivity contribution in [2.24, 2.45) is 0 Å². The Morgan fingerprint density at radius 2 is 1.81 bits per heavy atom. The number of hydrogen-bond acceptors (Lipinski definition) is 5. The van der Waals surface area contributed by atoms with Gasteiger partial charge in [-0.3, -0.25) is 30.2 Å². The maximum absolute atomic E-state index is 12.1. The average Bonchev–Trinajstić information content (AvgIpc) is 3.52.